The Balaban J connectivity index is 2.89. The molecule has 0 aliphatic heterocycles. The monoisotopic (exact) mass is 405 g/mol. The van der Waals surface area contributed by atoms with Crippen molar-refractivity contribution in [1.82, 2.24) is 5.32 Å². The highest BCUT2D eigenvalue weighted by atomic mass is 127. The Morgan fingerprint density at radius 2 is 1.81 bits per heavy atom. The molecule has 1 rings (SSSR count). The van der Waals surface area contributed by atoms with Gasteiger partial charge < -0.3 is 15.2 Å². The molecule has 1 amide bonds. The molecule has 1 aromatic carbocycles. The van der Waals surface area contributed by atoms with E-state index in [-0.39, 0.29) is 17.7 Å². The van der Waals surface area contributed by atoms with Crippen LogP contribution in [0.3, 0.4) is 0 Å². The maximum absolute atomic E-state index is 11.7. The molecule has 0 spiro atoms. The van der Waals surface area contributed by atoms with Crippen molar-refractivity contribution >= 4 is 28.7 Å². The lowest BCUT2D eigenvalue weighted by molar-refractivity contribution is 0.0523. The Morgan fingerprint density at radius 1 is 1.24 bits per heavy atom. The van der Waals surface area contributed by atoms with Gasteiger partial charge in [-0.05, 0) is 66.5 Å². The van der Waals surface area contributed by atoms with E-state index >= 15 is 0 Å². The summed E-state index contributed by atoms with van der Waals surface area (Å²) >= 11 is 2.10. The number of alkyl carbamates (subject to hydrolysis) is 1. The summed E-state index contributed by atoms with van der Waals surface area (Å²) in [6.07, 6.45) is -0.488. The van der Waals surface area contributed by atoms with Gasteiger partial charge >= 0.3 is 6.09 Å². The quantitative estimate of drug-likeness (QED) is 0.721. The molecule has 21 heavy (non-hydrogen) atoms. The van der Waals surface area contributed by atoms with E-state index in [1.165, 1.54) is 0 Å². The summed E-state index contributed by atoms with van der Waals surface area (Å²) in [6, 6.07) is 3.89. The van der Waals surface area contributed by atoms with E-state index in [2.05, 4.69) is 48.7 Å². The Labute approximate surface area is 140 Å². The summed E-state index contributed by atoms with van der Waals surface area (Å²) in [6.45, 7) is 12.0. The predicted molar refractivity (Wildman–Crippen MR) is 92.6 cm³/mol. The minimum Gasteiger partial charge on any atom is -0.506 e. The van der Waals surface area contributed by atoms with Crippen LogP contribution in [0.5, 0.6) is 5.75 Å². The summed E-state index contributed by atoms with van der Waals surface area (Å²) in [4.78, 5) is 11.7. The van der Waals surface area contributed by atoms with Crippen LogP contribution in [0.4, 0.5) is 4.79 Å². The van der Waals surface area contributed by atoms with Crippen LogP contribution in [-0.2, 0) is 16.7 Å². The average Bonchev–Trinajstić information content (AvgIpc) is 2.27. The van der Waals surface area contributed by atoms with E-state index in [1.807, 2.05) is 32.9 Å². The molecule has 0 aliphatic rings. The van der Waals surface area contributed by atoms with Gasteiger partial charge in [0.1, 0.15) is 11.4 Å². The lowest BCUT2D eigenvalue weighted by Gasteiger charge is -2.22. The fourth-order valence-electron chi connectivity index (χ4n) is 1.71. The molecule has 118 valence electrons. The number of hydrogen-bond donors (Lipinski definition) is 2. The number of benzene rings is 1. The first-order chi connectivity index (χ1) is 9.40. The zero-order valence-electron chi connectivity index (χ0n) is 13.5. The first-order valence-corrected chi connectivity index (χ1v) is 7.97. The number of phenols is 1. The molecular weight excluding hydrogens is 381 g/mol. The summed E-state index contributed by atoms with van der Waals surface area (Å²) in [5, 5.41) is 12.8. The Bertz CT molecular complexity index is 528. The van der Waals surface area contributed by atoms with Gasteiger partial charge in [-0.25, -0.2) is 4.79 Å². The van der Waals surface area contributed by atoms with Gasteiger partial charge in [0.15, 0.2) is 0 Å². The van der Waals surface area contributed by atoms with E-state index in [0.717, 1.165) is 9.13 Å². The third-order valence-electron chi connectivity index (χ3n) is 2.83. The molecule has 0 heterocycles. The van der Waals surface area contributed by atoms with E-state index in [0.29, 0.717) is 5.56 Å². The van der Waals surface area contributed by atoms with Gasteiger partial charge in [0, 0.05) is 12.1 Å². The van der Waals surface area contributed by atoms with Crippen molar-refractivity contribution in [2.45, 2.75) is 59.1 Å². The van der Waals surface area contributed by atoms with Gasteiger partial charge in [0.25, 0.3) is 0 Å². The highest BCUT2D eigenvalue weighted by Gasteiger charge is 2.19. The number of amides is 1. The van der Waals surface area contributed by atoms with E-state index < -0.39 is 11.7 Å². The second-order valence-corrected chi connectivity index (χ2v) is 8.23. The number of phenolic OH excluding ortho intramolecular Hbond substituents is 1. The summed E-state index contributed by atoms with van der Waals surface area (Å²) in [5.41, 5.74) is 1.26. The molecule has 0 fully saturated rings. The van der Waals surface area contributed by atoms with Crippen LogP contribution in [0.1, 0.15) is 52.7 Å². The molecule has 1 aromatic rings. The van der Waals surface area contributed by atoms with Crippen molar-refractivity contribution in [3.8, 4) is 5.75 Å². The molecule has 4 nitrogen and oxygen atoms in total. The predicted octanol–water partition coefficient (Wildman–Crippen LogP) is 4.32. The third-order valence-corrected chi connectivity index (χ3v) is 3.65. The van der Waals surface area contributed by atoms with Crippen LogP contribution in [0.25, 0.3) is 0 Å². The molecular formula is C16H24INO3. The fraction of sp³-hybridized carbons (Fsp3) is 0.562. The van der Waals surface area contributed by atoms with Crippen molar-refractivity contribution < 1.29 is 14.6 Å². The summed E-state index contributed by atoms with van der Waals surface area (Å²) in [5.74, 6) is 0.208. The molecule has 0 unspecified atom stereocenters. The molecule has 0 saturated carbocycles. The molecule has 0 bridgehead atoms. The first-order valence-electron chi connectivity index (χ1n) is 6.89. The lowest BCUT2D eigenvalue weighted by Crippen LogP contribution is -2.32. The molecule has 0 aromatic heterocycles. The summed E-state index contributed by atoms with van der Waals surface area (Å²) in [7, 11) is 0. The minimum absolute atomic E-state index is 0.0196. The summed E-state index contributed by atoms with van der Waals surface area (Å²) < 4.78 is 5.97. The maximum Gasteiger partial charge on any atom is 0.407 e. The van der Waals surface area contributed by atoms with Crippen LogP contribution >= 0.6 is 22.6 Å². The number of aromatic hydroxyl groups is 1. The van der Waals surface area contributed by atoms with Crippen molar-refractivity contribution in [1.29, 1.82) is 0 Å². The number of rotatable bonds is 2. The topological polar surface area (TPSA) is 58.6 Å². The largest absolute Gasteiger partial charge is 0.506 e. The highest BCUT2D eigenvalue weighted by Crippen LogP contribution is 2.31. The second-order valence-electron chi connectivity index (χ2n) is 7.07. The second kappa shape index (κ2) is 6.42. The van der Waals surface area contributed by atoms with Crippen molar-refractivity contribution in [2.75, 3.05) is 0 Å². The van der Waals surface area contributed by atoms with Gasteiger partial charge in [-0.3, -0.25) is 0 Å². The third kappa shape index (κ3) is 5.73. The fourth-order valence-corrected chi connectivity index (χ4v) is 2.39. The van der Waals surface area contributed by atoms with E-state index in [4.69, 9.17) is 4.74 Å². The number of halogens is 1. The van der Waals surface area contributed by atoms with E-state index in [1.54, 1.807) is 0 Å². The first kappa shape index (κ1) is 18.1. The molecule has 0 saturated heterocycles. The number of nitrogens with one attached hydrogen (secondary N) is 1. The SMILES string of the molecule is CC(C)(C)OC(=O)NCc1cc(C(C)(C)C)cc(I)c1O. The van der Waals surface area contributed by atoms with Gasteiger partial charge in [-0.15, -0.1) is 0 Å². The molecule has 2 N–H and O–H groups in total. The number of carbonyl (C=O) groups excluding carboxylic acids is 1. The Hall–Kier alpha value is -0.980. The van der Waals surface area contributed by atoms with Gasteiger partial charge in [0.2, 0.25) is 0 Å². The highest BCUT2D eigenvalue weighted by molar-refractivity contribution is 14.1. The van der Waals surface area contributed by atoms with Crippen LogP contribution in [0, 0.1) is 3.57 Å². The standard InChI is InChI=1S/C16H24INO3/c1-15(2,3)11-7-10(13(19)12(17)8-11)9-18-14(20)21-16(4,5)6/h7-8,19H,9H2,1-6H3,(H,18,20). The average molecular weight is 405 g/mol. The zero-order chi connectivity index (χ0) is 16.4. The van der Waals surface area contributed by atoms with Gasteiger partial charge in [0.05, 0.1) is 3.57 Å². The van der Waals surface area contributed by atoms with Crippen LogP contribution < -0.4 is 5.32 Å². The molecule has 0 radical (unpaired) electrons. The normalized spacial score (nSPS) is 12.1. The maximum atomic E-state index is 11.7. The van der Waals surface area contributed by atoms with Gasteiger partial charge in [-0.2, -0.15) is 0 Å². The number of carbonyl (C=O) groups is 1. The molecule has 0 atom stereocenters. The minimum atomic E-state index is -0.534. The number of hydrogen-bond acceptors (Lipinski definition) is 3. The number of ether oxygens (including phenoxy) is 1. The molecule has 5 heteroatoms. The zero-order valence-corrected chi connectivity index (χ0v) is 15.7. The van der Waals surface area contributed by atoms with Crippen LogP contribution in [0.2, 0.25) is 0 Å². The van der Waals surface area contributed by atoms with Crippen molar-refractivity contribution in [3.63, 3.8) is 0 Å². The lowest BCUT2D eigenvalue weighted by atomic mass is 9.86. The molecule has 0 aliphatic carbocycles. The smallest absolute Gasteiger partial charge is 0.407 e. The van der Waals surface area contributed by atoms with Crippen LogP contribution in [0.15, 0.2) is 12.1 Å². The Morgan fingerprint density at radius 3 is 2.29 bits per heavy atom. The van der Waals surface area contributed by atoms with Gasteiger partial charge in [-0.1, -0.05) is 20.8 Å². The van der Waals surface area contributed by atoms with Crippen LogP contribution in [-0.4, -0.2) is 16.8 Å². The van der Waals surface area contributed by atoms with E-state index in [9.17, 15) is 9.90 Å². The van der Waals surface area contributed by atoms with Crippen molar-refractivity contribution in [2.24, 2.45) is 0 Å². The van der Waals surface area contributed by atoms with Crippen molar-refractivity contribution in [3.05, 3.63) is 26.8 Å². The Kier molecular flexibility index (Phi) is 5.52.